The Kier molecular flexibility index (Phi) is 6.78. The highest BCUT2D eigenvalue weighted by Gasteiger charge is 2.12. The number of thioether (sulfide) groups is 1. The van der Waals surface area contributed by atoms with E-state index in [1.807, 2.05) is 0 Å². The van der Waals surface area contributed by atoms with Crippen molar-refractivity contribution in [3.05, 3.63) is 28.3 Å². The van der Waals surface area contributed by atoms with E-state index in [1.54, 1.807) is 6.07 Å². The number of morpholine rings is 1. The Bertz CT molecular complexity index is 777. The van der Waals surface area contributed by atoms with Gasteiger partial charge in [-0.05, 0) is 19.0 Å². The Morgan fingerprint density at radius 3 is 3.00 bits per heavy atom. The molecule has 8 nitrogen and oxygen atoms in total. The monoisotopic (exact) mass is 396 g/mol. The summed E-state index contributed by atoms with van der Waals surface area (Å²) >= 11 is 2.72. The Balaban J connectivity index is 1.39. The number of nitrogens with zero attached hydrogens (tertiary/aromatic N) is 3. The van der Waals surface area contributed by atoms with Gasteiger partial charge in [-0.2, -0.15) is 0 Å². The Hall–Kier alpha value is -1.75. The molecule has 3 rings (SSSR count). The van der Waals surface area contributed by atoms with Crippen molar-refractivity contribution < 1.29 is 14.5 Å². The minimum atomic E-state index is -0.420. The average molecular weight is 396 g/mol. The van der Waals surface area contributed by atoms with Crippen LogP contribution in [0.1, 0.15) is 6.42 Å². The van der Waals surface area contributed by atoms with Crippen LogP contribution in [0.3, 0.4) is 0 Å². The highest BCUT2D eigenvalue weighted by molar-refractivity contribution is 8.01. The van der Waals surface area contributed by atoms with Crippen molar-refractivity contribution in [2.75, 3.05) is 45.1 Å². The number of carbonyl (C=O) groups is 1. The second-order valence-electron chi connectivity index (χ2n) is 5.84. The number of carbonyl (C=O) groups excluding carboxylic acids is 1. The van der Waals surface area contributed by atoms with Crippen molar-refractivity contribution in [3.63, 3.8) is 0 Å². The van der Waals surface area contributed by atoms with E-state index < -0.39 is 4.92 Å². The van der Waals surface area contributed by atoms with Crippen LogP contribution < -0.4 is 5.32 Å². The maximum absolute atomic E-state index is 11.9. The third kappa shape index (κ3) is 5.37. The van der Waals surface area contributed by atoms with Crippen LogP contribution in [-0.4, -0.2) is 65.9 Å². The van der Waals surface area contributed by atoms with E-state index in [0.29, 0.717) is 17.8 Å². The fourth-order valence-electron chi connectivity index (χ4n) is 2.60. The van der Waals surface area contributed by atoms with Gasteiger partial charge in [0.1, 0.15) is 0 Å². The number of non-ortho nitro benzene ring substituents is 1. The molecule has 0 atom stereocenters. The number of amides is 1. The molecule has 0 bridgehead atoms. The summed E-state index contributed by atoms with van der Waals surface area (Å²) in [6.07, 6.45) is 0.918. The van der Waals surface area contributed by atoms with E-state index in [4.69, 9.17) is 4.74 Å². The van der Waals surface area contributed by atoms with Crippen LogP contribution in [0.4, 0.5) is 5.69 Å². The van der Waals surface area contributed by atoms with Crippen molar-refractivity contribution in [2.24, 2.45) is 0 Å². The van der Waals surface area contributed by atoms with Gasteiger partial charge in [-0.1, -0.05) is 11.8 Å². The van der Waals surface area contributed by atoms with Crippen LogP contribution >= 0.6 is 23.1 Å². The average Bonchev–Trinajstić information content (AvgIpc) is 3.06. The summed E-state index contributed by atoms with van der Waals surface area (Å²) in [5.74, 6) is 0.265. The van der Waals surface area contributed by atoms with Gasteiger partial charge in [0.05, 0.1) is 34.1 Å². The lowest BCUT2D eigenvalue weighted by Gasteiger charge is -2.26. The first-order valence-electron chi connectivity index (χ1n) is 8.36. The molecule has 0 spiro atoms. The fourth-order valence-corrected chi connectivity index (χ4v) is 4.53. The third-order valence-electron chi connectivity index (χ3n) is 3.97. The smallest absolute Gasteiger partial charge is 0.270 e. The van der Waals surface area contributed by atoms with Gasteiger partial charge in [0.2, 0.25) is 5.91 Å². The van der Waals surface area contributed by atoms with E-state index >= 15 is 0 Å². The van der Waals surface area contributed by atoms with Crippen molar-refractivity contribution in [1.29, 1.82) is 0 Å². The lowest BCUT2D eigenvalue weighted by atomic mass is 10.3. The molecule has 10 heteroatoms. The van der Waals surface area contributed by atoms with Crippen LogP contribution in [0.2, 0.25) is 0 Å². The summed E-state index contributed by atoms with van der Waals surface area (Å²) in [5.41, 5.74) is 0.768. The molecule has 2 aromatic rings. The van der Waals surface area contributed by atoms with Gasteiger partial charge in [-0.3, -0.25) is 19.8 Å². The van der Waals surface area contributed by atoms with E-state index in [2.05, 4.69) is 15.2 Å². The van der Waals surface area contributed by atoms with E-state index in [9.17, 15) is 14.9 Å². The maximum atomic E-state index is 11.9. The topological polar surface area (TPSA) is 97.6 Å². The number of nitrogens with one attached hydrogen (secondary N) is 1. The molecule has 26 heavy (non-hydrogen) atoms. The fraction of sp³-hybridized carbons (Fsp3) is 0.500. The van der Waals surface area contributed by atoms with Crippen LogP contribution in [0.25, 0.3) is 10.2 Å². The third-order valence-corrected chi connectivity index (χ3v) is 6.13. The first kappa shape index (κ1) is 19.0. The molecule has 1 fully saturated rings. The van der Waals surface area contributed by atoms with Gasteiger partial charge in [0, 0.05) is 31.8 Å². The molecule has 2 heterocycles. The number of rotatable bonds is 8. The largest absolute Gasteiger partial charge is 0.379 e. The Labute approximate surface area is 159 Å². The summed E-state index contributed by atoms with van der Waals surface area (Å²) in [6.45, 7) is 5.11. The first-order chi connectivity index (χ1) is 12.6. The highest BCUT2D eigenvalue weighted by Crippen LogP contribution is 2.31. The van der Waals surface area contributed by atoms with E-state index in [1.165, 1.54) is 35.2 Å². The minimum absolute atomic E-state index is 0.0257. The van der Waals surface area contributed by atoms with E-state index in [0.717, 1.165) is 48.3 Å². The predicted octanol–water partition coefficient (Wildman–Crippen LogP) is 2.14. The number of thiazole rings is 1. The van der Waals surface area contributed by atoms with Gasteiger partial charge in [0.15, 0.2) is 4.34 Å². The van der Waals surface area contributed by atoms with Crippen molar-refractivity contribution in [2.45, 2.75) is 10.8 Å². The van der Waals surface area contributed by atoms with Crippen molar-refractivity contribution >= 4 is 44.9 Å². The molecule has 140 valence electrons. The number of ether oxygens (including phenoxy) is 1. The number of fused-ring (bicyclic) bond motifs is 1. The van der Waals surface area contributed by atoms with Crippen LogP contribution in [0.5, 0.6) is 0 Å². The molecule has 0 saturated carbocycles. The van der Waals surface area contributed by atoms with Gasteiger partial charge < -0.3 is 10.1 Å². The number of benzene rings is 1. The number of hydrogen-bond acceptors (Lipinski definition) is 8. The molecule has 0 aliphatic carbocycles. The molecular weight excluding hydrogens is 376 g/mol. The molecule has 1 aromatic carbocycles. The molecule has 1 amide bonds. The van der Waals surface area contributed by atoms with Gasteiger partial charge in [-0.15, -0.1) is 11.3 Å². The zero-order valence-electron chi connectivity index (χ0n) is 14.2. The second-order valence-corrected chi connectivity index (χ2v) is 8.09. The minimum Gasteiger partial charge on any atom is -0.379 e. The lowest BCUT2D eigenvalue weighted by molar-refractivity contribution is -0.384. The number of aromatic nitrogens is 1. The Morgan fingerprint density at radius 2 is 2.23 bits per heavy atom. The van der Waals surface area contributed by atoms with Gasteiger partial charge >= 0.3 is 0 Å². The standard InChI is InChI=1S/C16H20N4O4S2/c21-15(17-4-1-5-19-6-8-24-9-7-19)11-25-16-18-13-3-2-12(20(22)23)10-14(13)26-16/h2-3,10H,1,4-9,11H2,(H,17,21). The summed E-state index contributed by atoms with van der Waals surface area (Å²) < 4.78 is 6.80. The molecule has 1 aliphatic heterocycles. The molecule has 0 radical (unpaired) electrons. The summed E-state index contributed by atoms with van der Waals surface area (Å²) in [6, 6.07) is 4.60. The molecule has 0 unspecified atom stereocenters. The molecule has 1 aliphatic rings. The number of nitro benzene ring substituents is 1. The highest BCUT2D eigenvalue weighted by atomic mass is 32.2. The van der Waals surface area contributed by atoms with Crippen LogP contribution in [0, 0.1) is 10.1 Å². The molecule has 1 saturated heterocycles. The predicted molar refractivity (Wildman–Crippen MR) is 102 cm³/mol. The zero-order valence-corrected chi connectivity index (χ0v) is 15.8. The maximum Gasteiger partial charge on any atom is 0.270 e. The summed E-state index contributed by atoms with van der Waals surface area (Å²) in [4.78, 5) is 29.1. The van der Waals surface area contributed by atoms with Crippen LogP contribution in [0.15, 0.2) is 22.5 Å². The quantitative estimate of drug-likeness (QED) is 0.316. The lowest BCUT2D eigenvalue weighted by Crippen LogP contribution is -2.38. The normalized spacial score (nSPS) is 15.2. The zero-order chi connectivity index (χ0) is 18.4. The van der Waals surface area contributed by atoms with E-state index in [-0.39, 0.29) is 11.6 Å². The Morgan fingerprint density at radius 1 is 1.42 bits per heavy atom. The first-order valence-corrected chi connectivity index (χ1v) is 10.2. The number of hydrogen-bond donors (Lipinski definition) is 1. The molecule has 1 aromatic heterocycles. The van der Waals surface area contributed by atoms with Crippen LogP contribution in [-0.2, 0) is 9.53 Å². The molecular formula is C16H20N4O4S2. The number of nitro groups is 1. The SMILES string of the molecule is O=C(CSc1nc2ccc([N+](=O)[O-])cc2s1)NCCCN1CCOCC1. The second kappa shape index (κ2) is 9.26. The molecule has 1 N–H and O–H groups in total. The van der Waals surface area contributed by atoms with Crippen molar-refractivity contribution in [3.8, 4) is 0 Å². The summed E-state index contributed by atoms with van der Waals surface area (Å²) in [7, 11) is 0. The van der Waals surface area contributed by atoms with Gasteiger partial charge in [0.25, 0.3) is 5.69 Å². The van der Waals surface area contributed by atoms with Crippen molar-refractivity contribution in [1.82, 2.24) is 15.2 Å². The summed E-state index contributed by atoms with van der Waals surface area (Å²) in [5, 5.41) is 13.7. The van der Waals surface area contributed by atoms with Gasteiger partial charge in [-0.25, -0.2) is 4.98 Å².